The highest BCUT2D eigenvalue weighted by molar-refractivity contribution is 7.06. The fraction of sp³-hybridized carbons (Fsp3) is 0.0952. The number of ether oxygens (including phenoxy) is 2. The lowest BCUT2D eigenvalue weighted by atomic mass is 10.1. The van der Waals surface area contributed by atoms with Crippen molar-refractivity contribution in [3.05, 3.63) is 76.1 Å². The van der Waals surface area contributed by atoms with Gasteiger partial charge in [-0.15, -0.1) is 0 Å². The SMILES string of the molecule is C=CC(=O)Oc1c(C=O)cccc1OCc1c(-c2ccc(Cl)cc2)nsc1C(F)(F)F. The normalized spacial score (nSPS) is 11.1. The summed E-state index contributed by atoms with van der Waals surface area (Å²) in [4.78, 5) is 22.0. The minimum absolute atomic E-state index is 0.00915. The molecule has 2 aromatic carbocycles. The predicted molar refractivity (Wildman–Crippen MR) is 110 cm³/mol. The second kappa shape index (κ2) is 9.32. The fourth-order valence-electron chi connectivity index (χ4n) is 2.64. The summed E-state index contributed by atoms with van der Waals surface area (Å²) in [7, 11) is 0. The van der Waals surface area contributed by atoms with Crippen LogP contribution in [0, 0.1) is 0 Å². The van der Waals surface area contributed by atoms with E-state index in [1.807, 2.05) is 0 Å². The van der Waals surface area contributed by atoms with Gasteiger partial charge in [-0.1, -0.05) is 36.4 Å². The summed E-state index contributed by atoms with van der Waals surface area (Å²) in [6, 6.07) is 10.4. The molecular weight excluding hydrogens is 455 g/mol. The standard InChI is InChI=1S/C21H13ClF3NO4S/c1-2-17(28)30-19-13(10-27)4-3-5-16(19)29-11-15-18(12-6-8-14(22)9-7-12)26-31-20(15)21(23,24)25/h2-10H,1,11H2. The van der Waals surface area contributed by atoms with Gasteiger partial charge in [-0.05, 0) is 35.8 Å². The van der Waals surface area contributed by atoms with Gasteiger partial charge in [0.15, 0.2) is 17.8 Å². The zero-order valence-electron chi connectivity index (χ0n) is 15.6. The highest BCUT2D eigenvalue weighted by Gasteiger charge is 2.38. The number of aromatic nitrogens is 1. The number of halogens is 4. The van der Waals surface area contributed by atoms with Crippen LogP contribution < -0.4 is 9.47 Å². The van der Waals surface area contributed by atoms with Crippen LogP contribution in [0.2, 0.25) is 5.02 Å². The first-order chi connectivity index (χ1) is 14.7. The van der Waals surface area contributed by atoms with Gasteiger partial charge < -0.3 is 9.47 Å². The molecule has 3 aromatic rings. The first-order valence-electron chi connectivity index (χ1n) is 8.61. The molecule has 0 aliphatic carbocycles. The van der Waals surface area contributed by atoms with Crippen molar-refractivity contribution in [1.82, 2.24) is 4.37 Å². The number of rotatable bonds is 7. The van der Waals surface area contributed by atoms with Gasteiger partial charge in [-0.3, -0.25) is 4.79 Å². The van der Waals surface area contributed by atoms with Gasteiger partial charge in [0.25, 0.3) is 0 Å². The first-order valence-corrected chi connectivity index (χ1v) is 9.76. The van der Waals surface area contributed by atoms with Crippen molar-refractivity contribution < 1.29 is 32.2 Å². The van der Waals surface area contributed by atoms with E-state index in [0.717, 1.165) is 6.08 Å². The topological polar surface area (TPSA) is 65.5 Å². The molecule has 0 radical (unpaired) electrons. The molecule has 0 N–H and O–H groups in total. The van der Waals surface area contributed by atoms with Gasteiger partial charge in [0.1, 0.15) is 11.5 Å². The highest BCUT2D eigenvalue weighted by Crippen LogP contribution is 2.41. The van der Waals surface area contributed by atoms with Crippen LogP contribution in [0.4, 0.5) is 13.2 Å². The summed E-state index contributed by atoms with van der Waals surface area (Å²) in [6.45, 7) is 2.74. The summed E-state index contributed by atoms with van der Waals surface area (Å²) < 4.78 is 55.2. The molecule has 0 amide bonds. The lowest BCUT2D eigenvalue weighted by molar-refractivity contribution is -0.135. The quantitative estimate of drug-likeness (QED) is 0.185. The Balaban J connectivity index is 2.01. The molecule has 5 nitrogen and oxygen atoms in total. The number of hydrogen-bond donors (Lipinski definition) is 0. The number of alkyl halides is 3. The van der Waals surface area contributed by atoms with Crippen LogP contribution >= 0.6 is 23.1 Å². The third-order valence-corrected chi connectivity index (χ3v) is 5.23. The lowest BCUT2D eigenvalue weighted by Gasteiger charge is -2.14. The highest BCUT2D eigenvalue weighted by atomic mass is 35.5. The van der Waals surface area contributed by atoms with Crippen LogP contribution in [0.15, 0.2) is 55.1 Å². The zero-order valence-corrected chi connectivity index (χ0v) is 17.2. The van der Waals surface area contributed by atoms with Crippen LogP contribution in [0.1, 0.15) is 20.8 Å². The molecule has 0 aliphatic heterocycles. The van der Waals surface area contributed by atoms with E-state index in [1.165, 1.54) is 30.3 Å². The van der Waals surface area contributed by atoms with Crippen LogP contribution in [-0.2, 0) is 17.6 Å². The molecule has 31 heavy (non-hydrogen) atoms. The fourth-order valence-corrected chi connectivity index (χ4v) is 3.53. The average molecular weight is 468 g/mol. The molecule has 160 valence electrons. The monoisotopic (exact) mass is 467 g/mol. The number of benzene rings is 2. The van der Waals surface area contributed by atoms with Crippen LogP contribution in [-0.4, -0.2) is 16.6 Å². The van der Waals surface area contributed by atoms with Gasteiger partial charge >= 0.3 is 12.1 Å². The maximum Gasteiger partial charge on any atom is 0.427 e. The molecule has 0 atom stereocenters. The number of para-hydroxylation sites is 1. The molecular formula is C21H13ClF3NO4S. The van der Waals surface area contributed by atoms with Gasteiger partial charge in [-0.2, -0.15) is 17.5 Å². The molecule has 3 rings (SSSR count). The van der Waals surface area contributed by atoms with Crippen molar-refractivity contribution in [2.75, 3.05) is 0 Å². The largest absolute Gasteiger partial charge is 0.485 e. The van der Waals surface area contributed by atoms with E-state index >= 15 is 0 Å². The minimum atomic E-state index is -4.65. The Kier molecular flexibility index (Phi) is 6.77. The Morgan fingerprint density at radius 3 is 2.52 bits per heavy atom. The van der Waals surface area contributed by atoms with E-state index in [2.05, 4.69) is 11.0 Å². The van der Waals surface area contributed by atoms with Crippen molar-refractivity contribution in [2.24, 2.45) is 0 Å². The molecule has 1 aromatic heterocycles. The van der Waals surface area contributed by atoms with E-state index in [-0.39, 0.29) is 28.3 Å². The maximum absolute atomic E-state index is 13.6. The van der Waals surface area contributed by atoms with Gasteiger partial charge in [-0.25, -0.2) is 4.79 Å². The summed E-state index contributed by atoms with van der Waals surface area (Å²) in [5, 5.41) is 0.423. The molecule has 0 saturated heterocycles. The maximum atomic E-state index is 13.6. The molecule has 0 unspecified atom stereocenters. The number of nitrogens with zero attached hydrogens (tertiary/aromatic N) is 1. The average Bonchev–Trinajstić information content (AvgIpc) is 3.17. The van der Waals surface area contributed by atoms with Crippen LogP contribution in [0.5, 0.6) is 11.5 Å². The van der Waals surface area contributed by atoms with Crippen molar-refractivity contribution in [3.8, 4) is 22.8 Å². The second-order valence-corrected chi connectivity index (χ2v) is 7.26. The second-order valence-electron chi connectivity index (χ2n) is 6.05. The van der Waals surface area contributed by atoms with E-state index in [1.54, 1.807) is 12.1 Å². The number of aldehydes is 1. The Morgan fingerprint density at radius 2 is 1.90 bits per heavy atom. The smallest absolute Gasteiger partial charge is 0.427 e. The van der Waals surface area contributed by atoms with Crippen LogP contribution in [0.25, 0.3) is 11.3 Å². The van der Waals surface area contributed by atoms with Gasteiger partial charge in [0, 0.05) is 22.2 Å². The van der Waals surface area contributed by atoms with Crippen molar-refractivity contribution in [2.45, 2.75) is 12.8 Å². The number of hydrogen-bond acceptors (Lipinski definition) is 6. The first kappa shape index (κ1) is 22.5. The predicted octanol–water partition coefficient (Wildman–Crippen LogP) is 5.97. The molecule has 0 saturated carbocycles. The molecule has 0 fully saturated rings. The Bertz CT molecular complexity index is 1130. The molecule has 0 aliphatic rings. The number of esters is 1. The van der Waals surface area contributed by atoms with Gasteiger partial charge in [0.2, 0.25) is 0 Å². The summed E-state index contributed by atoms with van der Waals surface area (Å²) >= 11 is 6.16. The lowest BCUT2D eigenvalue weighted by Crippen LogP contribution is -2.10. The molecule has 0 spiro atoms. The van der Waals surface area contributed by atoms with Crippen molar-refractivity contribution in [3.63, 3.8) is 0 Å². The Labute approximate surface area is 183 Å². The summed E-state index contributed by atoms with van der Waals surface area (Å²) in [6.07, 6.45) is -3.33. The summed E-state index contributed by atoms with van der Waals surface area (Å²) in [5.74, 6) is -1.15. The molecule has 10 heteroatoms. The van der Waals surface area contributed by atoms with E-state index in [9.17, 15) is 22.8 Å². The Morgan fingerprint density at radius 1 is 1.19 bits per heavy atom. The number of carbonyl (C=O) groups is 2. The third-order valence-electron chi connectivity index (χ3n) is 4.04. The summed E-state index contributed by atoms with van der Waals surface area (Å²) in [5.41, 5.74) is 0.308. The van der Waals surface area contributed by atoms with E-state index < -0.39 is 23.6 Å². The number of carbonyl (C=O) groups excluding carboxylic acids is 2. The molecule has 0 bridgehead atoms. The molecule has 1 heterocycles. The van der Waals surface area contributed by atoms with Crippen molar-refractivity contribution >= 4 is 35.4 Å². The van der Waals surface area contributed by atoms with Gasteiger partial charge in [0.05, 0.1) is 11.3 Å². The van der Waals surface area contributed by atoms with E-state index in [4.69, 9.17) is 21.1 Å². The van der Waals surface area contributed by atoms with Crippen molar-refractivity contribution in [1.29, 1.82) is 0 Å². The minimum Gasteiger partial charge on any atom is -0.485 e. The van der Waals surface area contributed by atoms with E-state index in [0.29, 0.717) is 28.4 Å². The van der Waals surface area contributed by atoms with Crippen LogP contribution in [0.3, 0.4) is 0 Å². The third kappa shape index (κ3) is 5.12. The zero-order chi connectivity index (χ0) is 22.6. The Hall–Kier alpha value is -3.17.